The summed E-state index contributed by atoms with van der Waals surface area (Å²) in [6.45, 7) is 0. The molecule has 0 amide bonds. The van der Waals surface area contributed by atoms with Crippen LogP contribution in [0.3, 0.4) is 0 Å². The van der Waals surface area contributed by atoms with Crippen LogP contribution in [0.2, 0.25) is 0 Å². The Labute approximate surface area is 220 Å². The minimum absolute atomic E-state index is 0.300. The second kappa shape index (κ2) is 11.4. The van der Waals surface area contributed by atoms with E-state index in [4.69, 9.17) is 0 Å². The summed E-state index contributed by atoms with van der Waals surface area (Å²) in [6, 6.07) is 40.3. The fourth-order valence-corrected chi connectivity index (χ4v) is 5.81. The molecule has 0 saturated carbocycles. The zero-order chi connectivity index (χ0) is 24.7. The van der Waals surface area contributed by atoms with Gasteiger partial charge in [0.1, 0.15) is 11.5 Å². The van der Waals surface area contributed by atoms with Gasteiger partial charge in [-0.2, -0.15) is 0 Å². The number of phenols is 2. The lowest BCUT2D eigenvalue weighted by Crippen LogP contribution is -1.87. The van der Waals surface area contributed by atoms with E-state index in [9.17, 15) is 10.2 Å². The first-order valence-electron chi connectivity index (χ1n) is 11.8. The lowest BCUT2D eigenvalue weighted by Gasteiger charge is -2.10. The molecule has 0 aliphatic rings. The summed E-state index contributed by atoms with van der Waals surface area (Å²) >= 11 is 3.54. The minimum atomic E-state index is 0.300. The number of phenolic OH excluding ortho intramolecular Hbond substituents is 2. The number of thioether (sulfide) groups is 2. The van der Waals surface area contributed by atoms with Crippen molar-refractivity contribution >= 4 is 23.5 Å². The lowest BCUT2D eigenvalue weighted by molar-refractivity contribution is 0.476. The molecule has 0 radical (unpaired) electrons. The van der Waals surface area contributed by atoms with Crippen molar-refractivity contribution < 1.29 is 10.2 Å². The van der Waals surface area contributed by atoms with Gasteiger partial charge in [0, 0.05) is 32.4 Å². The Morgan fingerprint density at radius 2 is 0.889 bits per heavy atom. The second-order valence-corrected chi connectivity index (χ2v) is 10.6. The van der Waals surface area contributed by atoms with E-state index in [-0.39, 0.29) is 0 Å². The van der Waals surface area contributed by atoms with Crippen LogP contribution in [-0.4, -0.2) is 10.2 Å². The number of aromatic hydroxyl groups is 2. The largest absolute Gasteiger partial charge is 0.507 e. The van der Waals surface area contributed by atoms with Crippen molar-refractivity contribution in [2.75, 3.05) is 0 Å². The molecule has 4 heteroatoms. The van der Waals surface area contributed by atoms with Crippen molar-refractivity contribution in [1.82, 2.24) is 0 Å². The molecule has 0 aromatic heterocycles. The third-order valence-corrected chi connectivity index (χ3v) is 8.04. The Bertz CT molecular complexity index is 1340. The fraction of sp³-hybridized carbons (Fsp3) is 0.0625. The Hall–Kier alpha value is -3.60. The molecule has 5 aromatic carbocycles. The summed E-state index contributed by atoms with van der Waals surface area (Å²) in [7, 11) is 0. The predicted molar refractivity (Wildman–Crippen MR) is 153 cm³/mol. The van der Waals surface area contributed by atoms with Gasteiger partial charge in [-0.1, -0.05) is 84.9 Å². The average molecular weight is 507 g/mol. The second-order valence-electron chi connectivity index (χ2n) is 8.49. The van der Waals surface area contributed by atoms with Crippen LogP contribution >= 0.6 is 23.5 Å². The topological polar surface area (TPSA) is 40.5 Å². The summed E-state index contributed by atoms with van der Waals surface area (Å²) in [5.41, 5.74) is 6.28. The highest BCUT2D eigenvalue weighted by Gasteiger charge is 2.08. The first-order chi connectivity index (χ1) is 17.7. The summed E-state index contributed by atoms with van der Waals surface area (Å²) in [5, 5.41) is 20.7. The van der Waals surface area contributed by atoms with Crippen molar-refractivity contribution in [2.45, 2.75) is 21.3 Å². The zero-order valence-electron chi connectivity index (χ0n) is 19.7. The van der Waals surface area contributed by atoms with Gasteiger partial charge in [0.2, 0.25) is 0 Å². The van der Waals surface area contributed by atoms with E-state index in [1.165, 1.54) is 11.1 Å². The maximum Gasteiger partial charge on any atom is 0.123 e. The van der Waals surface area contributed by atoms with E-state index in [0.29, 0.717) is 11.5 Å². The summed E-state index contributed by atoms with van der Waals surface area (Å²) in [6.07, 6.45) is 0. The molecule has 0 fully saturated rings. The van der Waals surface area contributed by atoms with Gasteiger partial charge in [0.05, 0.1) is 0 Å². The van der Waals surface area contributed by atoms with E-state index in [1.54, 1.807) is 35.7 Å². The van der Waals surface area contributed by atoms with Gasteiger partial charge >= 0.3 is 0 Å². The SMILES string of the molecule is Oc1ccc(SCc2cccc(CSc3ccc(O)c(-c4ccccc4)c3)c2)cc1-c1ccccc1. The Morgan fingerprint density at radius 3 is 1.33 bits per heavy atom. The average Bonchev–Trinajstić information content (AvgIpc) is 2.93. The number of rotatable bonds is 8. The molecule has 2 nitrogen and oxygen atoms in total. The smallest absolute Gasteiger partial charge is 0.123 e. The predicted octanol–water partition coefficient (Wildman–Crippen LogP) is 9.02. The molecule has 0 atom stereocenters. The number of hydrogen-bond donors (Lipinski definition) is 2. The van der Waals surface area contributed by atoms with Crippen molar-refractivity contribution in [3.63, 3.8) is 0 Å². The van der Waals surface area contributed by atoms with Crippen LogP contribution in [0.5, 0.6) is 11.5 Å². The molecule has 5 rings (SSSR count). The first-order valence-corrected chi connectivity index (χ1v) is 13.7. The molecule has 178 valence electrons. The third-order valence-electron chi connectivity index (χ3n) is 5.91. The van der Waals surface area contributed by atoms with Crippen LogP contribution in [0, 0.1) is 0 Å². The van der Waals surface area contributed by atoms with Gasteiger partial charge in [-0.3, -0.25) is 0 Å². The maximum atomic E-state index is 10.3. The minimum Gasteiger partial charge on any atom is -0.507 e. The summed E-state index contributed by atoms with van der Waals surface area (Å²) in [4.78, 5) is 2.26. The molecule has 0 aliphatic heterocycles. The molecule has 0 saturated heterocycles. The van der Waals surface area contributed by atoms with Gasteiger partial charge in [0.25, 0.3) is 0 Å². The molecule has 5 aromatic rings. The van der Waals surface area contributed by atoms with Crippen LogP contribution in [0.1, 0.15) is 11.1 Å². The highest BCUT2D eigenvalue weighted by Crippen LogP contribution is 2.36. The van der Waals surface area contributed by atoms with Crippen molar-refractivity contribution in [2.24, 2.45) is 0 Å². The van der Waals surface area contributed by atoms with Gasteiger partial charge in [0.15, 0.2) is 0 Å². The number of hydrogen-bond acceptors (Lipinski definition) is 4. The Morgan fingerprint density at radius 1 is 0.444 bits per heavy atom. The van der Waals surface area contributed by atoms with Crippen LogP contribution in [-0.2, 0) is 11.5 Å². The van der Waals surface area contributed by atoms with Crippen LogP contribution in [0.25, 0.3) is 22.3 Å². The van der Waals surface area contributed by atoms with Crippen molar-refractivity contribution in [3.8, 4) is 33.8 Å². The van der Waals surface area contributed by atoms with E-state index in [0.717, 1.165) is 43.6 Å². The molecule has 2 N–H and O–H groups in total. The van der Waals surface area contributed by atoms with E-state index in [2.05, 4.69) is 36.4 Å². The molecular weight excluding hydrogens is 480 g/mol. The van der Waals surface area contributed by atoms with Crippen molar-refractivity contribution in [3.05, 3.63) is 132 Å². The van der Waals surface area contributed by atoms with E-state index >= 15 is 0 Å². The van der Waals surface area contributed by atoms with Crippen LogP contribution in [0.4, 0.5) is 0 Å². The lowest BCUT2D eigenvalue weighted by atomic mass is 10.1. The van der Waals surface area contributed by atoms with Gasteiger partial charge in [-0.05, 0) is 58.7 Å². The van der Waals surface area contributed by atoms with Crippen molar-refractivity contribution in [1.29, 1.82) is 0 Å². The van der Waals surface area contributed by atoms with Gasteiger partial charge in [-0.25, -0.2) is 0 Å². The highest BCUT2D eigenvalue weighted by molar-refractivity contribution is 7.98. The Balaban J connectivity index is 1.24. The normalized spacial score (nSPS) is 10.9. The summed E-state index contributed by atoms with van der Waals surface area (Å²) < 4.78 is 0. The Kier molecular flexibility index (Phi) is 7.65. The van der Waals surface area contributed by atoms with Gasteiger partial charge in [-0.15, -0.1) is 23.5 Å². The van der Waals surface area contributed by atoms with E-state index < -0.39 is 0 Å². The highest BCUT2D eigenvalue weighted by atomic mass is 32.2. The number of benzene rings is 5. The summed E-state index contributed by atoms with van der Waals surface area (Å²) in [5.74, 6) is 2.31. The standard InChI is InChI=1S/C32H26O2S2/c33-31-16-14-27(19-29(31)25-10-3-1-4-11-25)35-21-23-8-7-9-24(18-23)22-36-28-15-17-32(34)30(20-28)26-12-5-2-6-13-26/h1-20,33-34H,21-22H2. The molecule has 36 heavy (non-hydrogen) atoms. The third kappa shape index (κ3) is 5.96. The monoisotopic (exact) mass is 506 g/mol. The van der Waals surface area contributed by atoms with Gasteiger partial charge < -0.3 is 10.2 Å². The van der Waals surface area contributed by atoms with Crippen LogP contribution < -0.4 is 0 Å². The quantitative estimate of drug-likeness (QED) is 0.206. The molecular formula is C32H26O2S2. The molecule has 0 bridgehead atoms. The molecule has 0 heterocycles. The fourth-order valence-electron chi connectivity index (χ4n) is 4.05. The van der Waals surface area contributed by atoms with Crippen LogP contribution in [0.15, 0.2) is 131 Å². The molecule has 0 spiro atoms. The first kappa shape index (κ1) is 24.1. The maximum absolute atomic E-state index is 10.3. The molecule has 0 unspecified atom stereocenters. The molecule has 0 aliphatic carbocycles. The zero-order valence-corrected chi connectivity index (χ0v) is 21.3. The van der Waals surface area contributed by atoms with E-state index in [1.807, 2.05) is 72.8 Å².